The molecule has 0 aromatic heterocycles. The van der Waals surface area contributed by atoms with Crippen molar-refractivity contribution in [2.45, 2.75) is 44.2 Å². The number of piperidine rings is 1. The number of nitrogens with zero attached hydrogens (tertiary/aromatic N) is 2. The first-order valence-corrected chi connectivity index (χ1v) is 7.37. The molecular formula is C14H21FN2O2. The van der Waals surface area contributed by atoms with Crippen LogP contribution in [0, 0.1) is 5.92 Å². The maximum atomic E-state index is 14.7. The molecule has 2 saturated heterocycles. The van der Waals surface area contributed by atoms with Crippen LogP contribution in [0.1, 0.15) is 38.5 Å². The third kappa shape index (κ3) is 2.47. The first-order chi connectivity index (χ1) is 9.10. The molecule has 0 spiro atoms. The van der Waals surface area contributed by atoms with E-state index in [1.807, 2.05) is 0 Å². The minimum absolute atomic E-state index is 0.163. The summed E-state index contributed by atoms with van der Waals surface area (Å²) in [7, 11) is 0. The molecule has 19 heavy (non-hydrogen) atoms. The average Bonchev–Trinajstić information content (AvgIpc) is 3.13. The average molecular weight is 268 g/mol. The standard InChI is InChI=1S/C14H21FN2O2/c15-14(13(19)17-7-1-2-8-17)5-9-16(10-6-14)12(18)11-3-4-11/h11H,1-10H2. The highest BCUT2D eigenvalue weighted by Crippen LogP contribution is 2.35. The van der Waals surface area contributed by atoms with Gasteiger partial charge in [-0.15, -0.1) is 0 Å². The molecule has 5 heteroatoms. The third-order valence-corrected chi connectivity index (χ3v) is 4.57. The number of likely N-dealkylation sites (tertiary alicyclic amines) is 2. The molecule has 3 rings (SSSR count). The molecule has 3 aliphatic rings. The quantitative estimate of drug-likeness (QED) is 0.758. The molecule has 1 aliphatic carbocycles. The van der Waals surface area contributed by atoms with E-state index >= 15 is 0 Å². The zero-order valence-corrected chi connectivity index (χ0v) is 11.2. The smallest absolute Gasteiger partial charge is 0.260 e. The number of carbonyl (C=O) groups is 2. The van der Waals surface area contributed by atoms with Crippen LogP contribution in [0.5, 0.6) is 0 Å². The van der Waals surface area contributed by atoms with Crippen molar-refractivity contribution in [3.63, 3.8) is 0 Å². The zero-order chi connectivity index (χ0) is 13.5. The van der Waals surface area contributed by atoms with Gasteiger partial charge >= 0.3 is 0 Å². The van der Waals surface area contributed by atoms with E-state index in [2.05, 4.69) is 0 Å². The fourth-order valence-corrected chi connectivity index (χ4v) is 3.09. The molecule has 2 amide bonds. The Morgan fingerprint density at radius 3 is 2.05 bits per heavy atom. The largest absolute Gasteiger partial charge is 0.342 e. The lowest BCUT2D eigenvalue weighted by atomic mass is 9.91. The fraction of sp³-hybridized carbons (Fsp3) is 0.857. The van der Waals surface area contributed by atoms with Gasteiger partial charge in [0.1, 0.15) is 0 Å². The fourth-order valence-electron chi connectivity index (χ4n) is 3.09. The van der Waals surface area contributed by atoms with E-state index in [-0.39, 0.29) is 30.6 Å². The molecule has 1 saturated carbocycles. The lowest BCUT2D eigenvalue weighted by Gasteiger charge is -2.37. The highest BCUT2D eigenvalue weighted by atomic mass is 19.1. The minimum atomic E-state index is -1.73. The highest BCUT2D eigenvalue weighted by molar-refractivity contribution is 5.86. The number of alkyl halides is 1. The predicted octanol–water partition coefficient (Wildman–Crippen LogP) is 1.35. The van der Waals surface area contributed by atoms with Crippen LogP contribution in [0.2, 0.25) is 0 Å². The van der Waals surface area contributed by atoms with Crippen molar-refractivity contribution in [3.8, 4) is 0 Å². The minimum Gasteiger partial charge on any atom is -0.342 e. The van der Waals surface area contributed by atoms with Crippen LogP contribution < -0.4 is 0 Å². The van der Waals surface area contributed by atoms with E-state index < -0.39 is 5.67 Å². The molecule has 0 radical (unpaired) electrons. The Kier molecular flexibility index (Phi) is 3.23. The van der Waals surface area contributed by atoms with E-state index in [0.29, 0.717) is 26.2 Å². The van der Waals surface area contributed by atoms with Crippen molar-refractivity contribution >= 4 is 11.8 Å². The van der Waals surface area contributed by atoms with Crippen molar-refractivity contribution in [1.29, 1.82) is 0 Å². The zero-order valence-electron chi connectivity index (χ0n) is 11.2. The normalized spacial score (nSPS) is 26.6. The number of carbonyl (C=O) groups excluding carboxylic acids is 2. The van der Waals surface area contributed by atoms with Crippen molar-refractivity contribution < 1.29 is 14.0 Å². The second-order valence-corrected chi connectivity index (χ2v) is 6.06. The van der Waals surface area contributed by atoms with Crippen LogP contribution in [0.25, 0.3) is 0 Å². The van der Waals surface area contributed by atoms with Crippen LogP contribution in [-0.4, -0.2) is 53.5 Å². The Labute approximate surface area is 112 Å². The summed E-state index contributed by atoms with van der Waals surface area (Å²) in [6.45, 7) is 2.17. The summed E-state index contributed by atoms with van der Waals surface area (Å²) in [5.41, 5.74) is -1.73. The van der Waals surface area contributed by atoms with Crippen LogP contribution in [0.3, 0.4) is 0 Å². The van der Waals surface area contributed by atoms with Gasteiger partial charge in [-0.3, -0.25) is 9.59 Å². The number of amides is 2. The lowest BCUT2D eigenvalue weighted by molar-refractivity contribution is -0.149. The topological polar surface area (TPSA) is 40.6 Å². The van der Waals surface area contributed by atoms with Gasteiger partial charge in [0.05, 0.1) is 0 Å². The Balaban J connectivity index is 1.58. The predicted molar refractivity (Wildman–Crippen MR) is 68.2 cm³/mol. The summed E-state index contributed by atoms with van der Waals surface area (Å²) in [5, 5.41) is 0. The first kappa shape index (κ1) is 12.9. The SMILES string of the molecule is O=C(C1CC1)N1CCC(F)(C(=O)N2CCCC2)CC1. The Bertz CT molecular complexity index is 381. The molecule has 0 unspecified atom stereocenters. The summed E-state index contributed by atoms with van der Waals surface area (Å²) in [5.74, 6) is 0.000544. The molecule has 0 atom stereocenters. The molecule has 4 nitrogen and oxygen atoms in total. The molecule has 0 N–H and O–H groups in total. The summed E-state index contributed by atoms with van der Waals surface area (Å²) in [6.07, 6.45) is 4.25. The van der Waals surface area contributed by atoms with Crippen LogP contribution in [-0.2, 0) is 9.59 Å². The van der Waals surface area contributed by atoms with Crippen molar-refractivity contribution in [3.05, 3.63) is 0 Å². The molecule has 3 fully saturated rings. The van der Waals surface area contributed by atoms with Crippen LogP contribution in [0.4, 0.5) is 4.39 Å². The molecule has 0 aromatic rings. The van der Waals surface area contributed by atoms with Gasteiger partial charge in [0, 0.05) is 44.9 Å². The number of halogens is 1. The molecule has 2 heterocycles. The van der Waals surface area contributed by atoms with E-state index in [1.54, 1.807) is 9.80 Å². The lowest BCUT2D eigenvalue weighted by Crippen LogP contribution is -2.53. The number of rotatable bonds is 2. The second kappa shape index (κ2) is 4.76. The summed E-state index contributed by atoms with van der Waals surface area (Å²) >= 11 is 0. The molecular weight excluding hydrogens is 247 g/mol. The molecule has 0 bridgehead atoms. The van der Waals surface area contributed by atoms with E-state index in [9.17, 15) is 14.0 Å². The Hall–Kier alpha value is -1.13. The first-order valence-electron chi connectivity index (χ1n) is 7.37. The van der Waals surface area contributed by atoms with Gasteiger partial charge in [0.15, 0.2) is 5.67 Å². The van der Waals surface area contributed by atoms with Gasteiger partial charge in [-0.1, -0.05) is 0 Å². The monoisotopic (exact) mass is 268 g/mol. The van der Waals surface area contributed by atoms with Crippen molar-refractivity contribution in [2.24, 2.45) is 5.92 Å². The van der Waals surface area contributed by atoms with Gasteiger partial charge < -0.3 is 9.80 Å². The third-order valence-electron chi connectivity index (χ3n) is 4.57. The van der Waals surface area contributed by atoms with Gasteiger partial charge in [-0.05, 0) is 25.7 Å². The molecule has 106 valence electrons. The van der Waals surface area contributed by atoms with Gasteiger partial charge in [0.2, 0.25) is 5.91 Å². The van der Waals surface area contributed by atoms with Gasteiger partial charge in [-0.2, -0.15) is 0 Å². The van der Waals surface area contributed by atoms with Crippen LogP contribution in [0.15, 0.2) is 0 Å². The maximum Gasteiger partial charge on any atom is 0.260 e. The summed E-state index contributed by atoms with van der Waals surface area (Å²) in [4.78, 5) is 27.5. The van der Waals surface area contributed by atoms with Gasteiger partial charge in [-0.25, -0.2) is 4.39 Å². The van der Waals surface area contributed by atoms with E-state index in [1.165, 1.54) is 0 Å². The summed E-state index contributed by atoms with van der Waals surface area (Å²) in [6, 6.07) is 0. The van der Waals surface area contributed by atoms with Crippen LogP contribution >= 0.6 is 0 Å². The Morgan fingerprint density at radius 2 is 1.53 bits per heavy atom. The number of hydrogen-bond acceptors (Lipinski definition) is 2. The van der Waals surface area contributed by atoms with Crippen molar-refractivity contribution in [1.82, 2.24) is 9.80 Å². The highest BCUT2D eigenvalue weighted by Gasteiger charge is 2.46. The molecule has 2 aliphatic heterocycles. The number of hydrogen-bond donors (Lipinski definition) is 0. The van der Waals surface area contributed by atoms with E-state index in [4.69, 9.17) is 0 Å². The molecule has 0 aromatic carbocycles. The van der Waals surface area contributed by atoms with Gasteiger partial charge in [0.25, 0.3) is 5.91 Å². The summed E-state index contributed by atoms with van der Waals surface area (Å²) < 4.78 is 14.7. The maximum absolute atomic E-state index is 14.7. The second-order valence-electron chi connectivity index (χ2n) is 6.06. The van der Waals surface area contributed by atoms with E-state index in [0.717, 1.165) is 25.7 Å². The van der Waals surface area contributed by atoms with Crippen molar-refractivity contribution in [2.75, 3.05) is 26.2 Å². The Morgan fingerprint density at radius 1 is 0.947 bits per heavy atom.